The monoisotopic (exact) mass is 193 g/mol. The number of carboxylic acid groups (broad SMARTS) is 1. The van der Waals surface area contributed by atoms with E-state index in [1.807, 2.05) is 0 Å². The minimum absolute atomic E-state index is 0.0459. The maximum atomic E-state index is 10.6. The quantitative estimate of drug-likeness (QED) is 0.643. The molecule has 0 aromatic heterocycles. The fourth-order valence-corrected chi connectivity index (χ4v) is 0.683. The molecule has 0 saturated carbocycles. The Bertz CT molecular complexity index is 195. The van der Waals surface area contributed by atoms with Crippen LogP contribution in [0.5, 0.6) is 0 Å². The zero-order valence-electron chi connectivity index (χ0n) is 7.06. The Morgan fingerprint density at radius 3 is 2.33 bits per heavy atom. The van der Waals surface area contributed by atoms with Crippen LogP contribution in [-0.4, -0.2) is 28.4 Å². The summed E-state index contributed by atoms with van der Waals surface area (Å²) in [4.78, 5) is 19.7. The van der Waals surface area contributed by atoms with Gasteiger partial charge in [-0.15, -0.1) is 11.6 Å². The van der Waals surface area contributed by atoms with Gasteiger partial charge in [0.2, 0.25) is 5.91 Å². The second kappa shape index (κ2) is 4.30. The van der Waals surface area contributed by atoms with Crippen molar-refractivity contribution in [3.63, 3.8) is 0 Å². The van der Waals surface area contributed by atoms with Crippen LogP contribution in [0, 0.1) is 0 Å². The van der Waals surface area contributed by atoms with Crippen LogP contribution < -0.4 is 5.32 Å². The molecule has 0 heterocycles. The highest BCUT2D eigenvalue weighted by Crippen LogP contribution is 2.18. The largest absolute Gasteiger partial charge is 0.480 e. The number of hydrogen-bond acceptors (Lipinski definition) is 2. The van der Waals surface area contributed by atoms with Crippen LogP contribution in [0.15, 0.2) is 0 Å². The Morgan fingerprint density at radius 1 is 1.58 bits per heavy atom. The molecular formula is C7H12ClNO3. The van der Waals surface area contributed by atoms with Gasteiger partial charge < -0.3 is 10.4 Å². The van der Waals surface area contributed by atoms with Gasteiger partial charge >= 0.3 is 5.97 Å². The van der Waals surface area contributed by atoms with E-state index in [4.69, 9.17) is 16.7 Å². The maximum Gasteiger partial charge on any atom is 0.326 e. The van der Waals surface area contributed by atoms with E-state index in [0.29, 0.717) is 0 Å². The molecular weight excluding hydrogens is 182 g/mol. The second-order valence-corrected chi connectivity index (χ2v) is 3.26. The third kappa shape index (κ3) is 3.09. The molecule has 0 saturated heterocycles. The normalized spacial score (nSPS) is 14.9. The molecule has 5 heteroatoms. The van der Waals surface area contributed by atoms with Gasteiger partial charge in [-0.2, -0.15) is 0 Å². The summed E-state index contributed by atoms with van der Waals surface area (Å²) in [5.41, 5.74) is 0. The molecule has 0 bridgehead atoms. The zero-order chi connectivity index (χ0) is 9.78. The molecule has 0 fully saturated rings. The van der Waals surface area contributed by atoms with Gasteiger partial charge in [0.25, 0.3) is 0 Å². The first-order valence-corrected chi connectivity index (χ1v) is 3.97. The number of nitrogens with one attached hydrogen (secondary N) is 1. The number of carbonyl (C=O) groups excluding carboxylic acids is 1. The Hall–Kier alpha value is -0.770. The van der Waals surface area contributed by atoms with Gasteiger partial charge in [0.15, 0.2) is 4.87 Å². The van der Waals surface area contributed by atoms with Crippen LogP contribution >= 0.6 is 11.6 Å². The first kappa shape index (κ1) is 11.2. The molecule has 2 N–H and O–H groups in total. The van der Waals surface area contributed by atoms with Crippen molar-refractivity contribution in [2.24, 2.45) is 0 Å². The molecule has 0 aromatic carbocycles. The summed E-state index contributed by atoms with van der Waals surface area (Å²) < 4.78 is 0. The number of hydrogen-bond donors (Lipinski definition) is 2. The third-order valence-corrected chi connectivity index (χ3v) is 2.12. The highest BCUT2D eigenvalue weighted by Gasteiger charge is 2.34. The first-order valence-electron chi connectivity index (χ1n) is 3.59. The summed E-state index contributed by atoms with van der Waals surface area (Å²) >= 11 is 5.69. The van der Waals surface area contributed by atoms with Crippen molar-refractivity contribution in [1.29, 1.82) is 0 Å². The van der Waals surface area contributed by atoms with E-state index in [0.717, 1.165) is 0 Å². The topological polar surface area (TPSA) is 66.4 Å². The summed E-state index contributed by atoms with van der Waals surface area (Å²) in [5.74, 6) is -1.39. The molecule has 1 amide bonds. The van der Waals surface area contributed by atoms with E-state index in [2.05, 4.69) is 5.32 Å². The lowest BCUT2D eigenvalue weighted by Crippen LogP contribution is -2.43. The number of rotatable bonds is 4. The molecule has 70 valence electrons. The van der Waals surface area contributed by atoms with E-state index in [9.17, 15) is 9.59 Å². The average molecular weight is 194 g/mol. The number of alkyl halides is 1. The minimum Gasteiger partial charge on any atom is -0.480 e. The van der Waals surface area contributed by atoms with Crippen molar-refractivity contribution in [3.05, 3.63) is 0 Å². The molecule has 0 aromatic rings. The summed E-state index contributed by atoms with van der Waals surface area (Å²) in [6.07, 6.45) is 0.268. The van der Waals surface area contributed by atoms with E-state index >= 15 is 0 Å². The highest BCUT2D eigenvalue weighted by atomic mass is 35.5. The minimum atomic E-state index is -1.37. The van der Waals surface area contributed by atoms with Crippen molar-refractivity contribution < 1.29 is 14.7 Å². The van der Waals surface area contributed by atoms with E-state index < -0.39 is 10.8 Å². The van der Waals surface area contributed by atoms with Crippen molar-refractivity contribution in [1.82, 2.24) is 5.32 Å². The number of halogens is 1. The Morgan fingerprint density at radius 2 is 2.08 bits per heavy atom. The zero-order valence-corrected chi connectivity index (χ0v) is 7.81. The van der Waals surface area contributed by atoms with Gasteiger partial charge in [-0.1, -0.05) is 6.92 Å². The molecule has 0 aliphatic carbocycles. The average Bonchev–Trinajstić information content (AvgIpc) is 1.99. The lowest BCUT2D eigenvalue weighted by atomic mass is 10.1. The summed E-state index contributed by atoms with van der Waals surface area (Å²) in [6, 6.07) is 0. The van der Waals surface area contributed by atoms with Crippen molar-refractivity contribution in [2.75, 3.05) is 6.54 Å². The fraction of sp³-hybridized carbons (Fsp3) is 0.714. The van der Waals surface area contributed by atoms with Crippen LogP contribution in [0.25, 0.3) is 0 Å². The molecule has 0 aliphatic rings. The smallest absolute Gasteiger partial charge is 0.326 e. The molecule has 1 atom stereocenters. The molecule has 12 heavy (non-hydrogen) atoms. The van der Waals surface area contributed by atoms with Crippen molar-refractivity contribution in [2.45, 2.75) is 25.1 Å². The molecule has 4 nitrogen and oxygen atoms in total. The van der Waals surface area contributed by atoms with E-state index in [1.165, 1.54) is 6.92 Å². The van der Waals surface area contributed by atoms with Crippen LogP contribution in [-0.2, 0) is 9.59 Å². The second-order valence-electron chi connectivity index (χ2n) is 2.53. The molecule has 1 unspecified atom stereocenters. The summed E-state index contributed by atoms with van der Waals surface area (Å²) in [5, 5.41) is 11.0. The van der Waals surface area contributed by atoms with Crippen LogP contribution in [0.3, 0.4) is 0 Å². The first-order chi connectivity index (χ1) is 5.42. The van der Waals surface area contributed by atoms with Crippen LogP contribution in [0.4, 0.5) is 0 Å². The van der Waals surface area contributed by atoms with E-state index in [1.54, 1.807) is 6.92 Å². The number of aliphatic carboxylic acids is 1. The lowest BCUT2D eigenvalue weighted by Gasteiger charge is -2.19. The van der Waals surface area contributed by atoms with Gasteiger partial charge in [0.05, 0.1) is 0 Å². The number of carbonyl (C=O) groups is 2. The van der Waals surface area contributed by atoms with Crippen molar-refractivity contribution >= 4 is 23.5 Å². The molecule has 0 radical (unpaired) electrons. The van der Waals surface area contributed by atoms with Gasteiger partial charge in [0.1, 0.15) is 0 Å². The summed E-state index contributed by atoms with van der Waals surface area (Å²) in [7, 11) is 0. The van der Waals surface area contributed by atoms with Crippen LogP contribution in [0.2, 0.25) is 0 Å². The standard InChI is InChI=1S/C7H12ClNO3/c1-3-7(8,6(11)12)4-9-5(2)10/h3-4H2,1-2H3,(H,9,10)(H,11,12). The lowest BCUT2D eigenvalue weighted by molar-refractivity contribution is -0.140. The highest BCUT2D eigenvalue weighted by molar-refractivity contribution is 6.34. The van der Waals surface area contributed by atoms with Gasteiger partial charge in [-0.25, -0.2) is 0 Å². The van der Waals surface area contributed by atoms with Crippen LogP contribution in [0.1, 0.15) is 20.3 Å². The number of carboxylic acids is 1. The SMILES string of the molecule is CCC(Cl)(CNC(C)=O)C(=O)O. The van der Waals surface area contributed by atoms with E-state index in [-0.39, 0.29) is 18.9 Å². The Kier molecular flexibility index (Phi) is 4.03. The maximum absolute atomic E-state index is 10.6. The molecule has 0 rings (SSSR count). The predicted molar refractivity (Wildman–Crippen MR) is 45.2 cm³/mol. The van der Waals surface area contributed by atoms with Crippen molar-refractivity contribution in [3.8, 4) is 0 Å². The molecule has 0 aliphatic heterocycles. The third-order valence-electron chi connectivity index (χ3n) is 1.56. The molecule has 0 spiro atoms. The van der Waals surface area contributed by atoms with Gasteiger partial charge in [-0.3, -0.25) is 9.59 Å². The predicted octanol–water partition coefficient (Wildman–Crippen LogP) is 0.595. The Labute approximate surface area is 75.9 Å². The fourth-order valence-electron chi connectivity index (χ4n) is 0.616. The van der Waals surface area contributed by atoms with Gasteiger partial charge in [0, 0.05) is 13.5 Å². The Balaban J connectivity index is 4.15. The number of amides is 1. The van der Waals surface area contributed by atoms with Gasteiger partial charge in [-0.05, 0) is 6.42 Å². The summed E-state index contributed by atoms with van der Waals surface area (Å²) in [6.45, 7) is 2.92.